The van der Waals surface area contributed by atoms with Gasteiger partial charge in [-0.25, -0.2) is 0 Å². The second kappa shape index (κ2) is 8.29. The number of benzene rings is 1. The molecule has 1 aliphatic heterocycles. The number of rotatable bonds is 6. The summed E-state index contributed by atoms with van der Waals surface area (Å²) < 4.78 is 11.0. The lowest BCUT2D eigenvalue weighted by molar-refractivity contribution is -0.384. The van der Waals surface area contributed by atoms with E-state index in [1.165, 1.54) is 18.2 Å². The number of furan rings is 1. The van der Waals surface area contributed by atoms with Gasteiger partial charge >= 0.3 is 0 Å². The Bertz CT molecular complexity index is 919. The summed E-state index contributed by atoms with van der Waals surface area (Å²) in [5, 5.41) is 22.8. The molecule has 1 aromatic heterocycles. The molecule has 0 bridgehead atoms. The largest absolute Gasteiger partial charge is 0.457 e. The van der Waals surface area contributed by atoms with Gasteiger partial charge in [-0.1, -0.05) is 12.1 Å². The van der Waals surface area contributed by atoms with Gasteiger partial charge in [0.25, 0.3) is 11.6 Å². The lowest BCUT2D eigenvalue weighted by Crippen LogP contribution is -2.32. The van der Waals surface area contributed by atoms with Gasteiger partial charge in [0.1, 0.15) is 23.2 Å². The van der Waals surface area contributed by atoms with Crippen molar-refractivity contribution in [2.24, 2.45) is 0 Å². The molecule has 1 aliphatic rings. The molecule has 1 aromatic carbocycles. The van der Waals surface area contributed by atoms with E-state index in [9.17, 15) is 20.2 Å². The van der Waals surface area contributed by atoms with Gasteiger partial charge in [-0.15, -0.1) is 0 Å². The Morgan fingerprint density at radius 2 is 2.26 bits per heavy atom. The molecule has 1 atom stereocenters. The van der Waals surface area contributed by atoms with Crippen LogP contribution in [0, 0.1) is 21.4 Å². The Labute approximate surface area is 155 Å². The van der Waals surface area contributed by atoms with Crippen molar-refractivity contribution in [3.63, 3.8) is 0 Å². The van der Waals surface area contributed by atoms with E-state index < -0.39 is 10.8 Å². The zero-order valence-electron chi connectivity index (χ0n) is 14.4. The highest BCUT2D eigenvalue weighted by molar-refractivity contribution is 6.01. The topological polar surface area (TPSA) is 118 Å². The van der Waals surface area contributed by atoms with Gasteiger partial charge in [0.15, 0.2) is 0 Å². The van der Waals surface area contributed by atoms with E-state index in [0.717, 1.165) is 12.8 Å². The fraction of sp³-hybridized carbons (Fsp3) is 0.263. The zero-order valence-corrected chi connectivity index (χ0v) is 14.4. The van der Waals surface area contributed by atoms with Gasteiger partial charge < -0.3 is 14.5 Å². The fourth-order valence-corrected chi connectivity index (χ4v) is 2.76. The van der Waals surface area contributed by atoms with Crippen molar-refractivity contribution in [3.8, 4) is 17.4 Å². The summed E-state index contributed by atoms with van der Waals surface area (Å²) >= 11 is 0. The first-order valence-corrected chi connectivity index (χ1v) is 8.43. The van der Waals surface area contributed by atoms with Gasteiger partial charge in [0.05, 0.1) is 11.0 Å². The van der Waals surface area contributed by atoms with Crippen LogP contribution in [0.2, 0.25) is 0 Å². The highest BCUT2D eigenvalue weighted by Gasteiger charge is 2.18. The first kappa shape index (κ1) is 18.4. The number of carbonyl (C=O) groups is 1. The van der Waals surface area contributed by atoms with Crippen molar-refractivity contribution < 1.29 is 18.9 Å². The highest BCUT2D eigenvalue weighted by Crippen LogP contribution is 2.26. The molecule has 3 rings (SSSR count). The van der Waals surface area contributed by atoms with Crippen LogP contribution >= 0.6 is 0 Å². The third kappa shape index (κ3) is 4.59. The van der Waals surface area contributed by atoms with Crippen LogP contribution in [0.5, 0.6) is 0 Å². The van der Waals surface area contributed by atoms with E-state index >= 15 is 0 Å². The van der Waals surface area contributed by atoms with E-state index in [1.54, 1.807) is 24.3 Å². The molecule has 27 heavy (non-hydrogen) atoms. The molecule has 1 fully saturated rings. The minimum atomic E-state index is -0.499. The van der Waals surface area contributed by atoms with Crippen LogP contribution in [-0.2, 0) is 9.53 Å². The van der Waals surface area contributed by atoms with E-state index in [-0.39, 0.29) is 17.4 Å². The monoisotopic (exact) mass is 367 g/mol. The van der Waals surface area contributed by atoms with Crippen LogP contribution in [0.1, 0.15) is 18.6 Å². The quantitative estimate of drug-likeness (QED) is 0.363. The molecule has 0 spiro atoms. The number of carbonyl (C=O) groups excluding carboxylic acids is 1. The molecule has 1 N–H and O–H groups in total. The van der Waals surface area contributed by atoms with Crippen LogP contribution in [-0.4, -0.2) is 30.1 Å². The number of nitro benzene ring substituents is 1. The summed E-state index contributed by atoms with van der Waals surface area (Å²) in [5.41, 5.74) is 0.394. The van der Waals surface area contributed by atoms with Gasteiger partial charge in [-0.2, -0.15) is 5.26 Å². The smallest absolute Gasteiger partial charge is 0.270 e. The van der Waals surface area contributed by atoms with Crippen molar-refractivity contribution in [3.05, 3.63) is 57.8 Å². The average Bonchev–Trinajstić information content (AvgIpc) is 3.36. The number of hydrogen-bond donors (Lipinski definition) is 1. The van der Waals surface area contributed by atoms with E-state index in [1.807, 2.05) is 6.07 Å². The number of nitro groups is 1. The summed E-state index contributed by atoms with van der Waals surface area (Å²) in [6, 6.07) is 11.1. The predicted octanol–water partition coefficient (Wildman–Crippen LogP) is 3.06. The molecule has 138 valence electrons. The molecule has 1 amide bonds. The third-order valence-electron chi connectivity index (χ3n) is 4.13. The first-order valence-electron chi connectivity index (χ1n) is 8.43. The van der Waals surface area contributed by atoms with Gasteiger partial charge in [0, 0.05) is 36.9 Å². The molecule has 0 aliphatic carbocycles. The fourth-order valence-electron chi connectivity index (χ4n) is 2.76. The van der Waals surface area contributed by atoms with Crippen LogP contribution in [0.4, 0.5) is 5.69 Å². The van der Waals surface area contributed by atoms with E-state index in [0.29, 0.717) is 30.2 Å². The highest BCUT2D eigenvalue weighted by atomic mass is 16.6. The Hall–Kier alpha value is -3.44. The molecular formula is C19H17N3O5. The minimum Gasteiger partial charge on any atom is -0.457 e. The first-order chi connectivity index (χ1) is 13.1. The van der Waals surface area contributed by atoms with Crippen LogP contribution in [0.25, 0.3) is 17.4 Å². The molecular weight excluding hydrogens is 350 g/mol. The molecule has 2 heterocycles. The average molecular weight is 367 g/mol. The van der Waals surface area contributed by atoms with Crippen LogP contribution in [0.15, 0.2) is 46.4 Å². The summed E-state index contributed by atoms with van der Waals surface area (Å²) in [7, 11) is 0. The molecule has 1 saturated heterocycles. The SMILES string of the molecule is N#C/C(=C\c1ccc(-c2cccc([N+](=O)[O-])c2)o1)C(=O)NCC1CCCO1. The maximum Gasteiger partial charge on any atom is 0.270 e. The van der Waals surface area contributed by atoms with Crippen molar-refractivity contribution >= 4 is 17.7 Å². The molecule has 0 saturated carbocycles. The number of hydrogen-bond acceptors (Lipinski definition) is 6. The number of nitriles is 1. The maximum atomic E-state index is 12.2. The molecule has 8 nitrogen and oxygen atoms in total. The van der Waals surface area contributed by atoms with Gasteiger partial charge in [-0.3, -0.25) is 14.9 Å². The Morgan fingerprint density at radius 1 is 1.41 bits per heavy atom. The second-order valence-corrected chi connectivity index (χ2v) is 6.02. The molecule has 8 heteroatoms. The standard InChI is InChI=1S/C19H17N3O5/c20-11-14(19(23)21-12-17-5-2-8-26-17)10-16-6-7-18(27-16)13-3-1-4-15(9-13)22(24)25/h1,3-4,6-7,9-10,17H,2,5,8,12H2,(H,21,23)/b14-10+. The number of non-ortho nitro benzene ring substituents is 1. The molecule has 0 radical (unpaired) electrons. The molecule has 2 aromatic rings. The van der Waals surface area contributed by atoms with Crippen molar-refractivity contribution in [2.75, 3.05) is 13.2 Å². The zero-order chi connectivity index (χ0) is 19.2. The lowest BCUT2D eigenvalue weighted by atomic mass is 10.1. The molecule has 1 unspecified atom stereocenters. The Kier molecular flexibility index (Phi) is 5.64. The lowest BCUT2D eigenvalue weighted by Gasteiger charge is -2.09. The number of nitrogens with zero attached hydrogens (tertiary/aromatic N) is 2. The Morgan fingerprint density at radius 3 is 2.96 bits per heavy atom. The summed E-state index contributed by atoms with van der Waals surface area (Å²) in [5.74, 6) is 0.212. The number of amides is 1. The third-order valence-corrected chi connectivity index (χ3v) is 4.13. The summed E-state index contributed by atoms with van der Waals surface area (Å²) in [6.45, 7) is 1.04. The predicted molar refractivity (Wildman–Crippen MR) is 96.4 cm³/mol. The van der Waals surface area contributed by atoms with Crippen LogP contribution in [0.3, 0.4) is 0 Å². The number of nitrogens with one attached hydrogen (secondary N) is 1. The van der Waals surface area contributed by atoms with Crippen molar-refractivity contribution in [1.29, 1.82) is 5.26 Å². The maximum absolute atomic E-state index is 12.2. The van der Waals surface area contributed by atoms with Crippen molar-refractivity contribution in [2.45, 2.75) is 18.9 Å². The van der Waals surface area contributed by atoms with Crippen LogP contribution < -0.4 is 5.32 Å². The van der Waals surface area contributed by atoms with E-state index in [2.05, 4.69) is 5.32 Å². The summed E-state index contributed by atoms with van der Waals surface area (Å²) in [4.78, 5) is 22.6. The Balaban J connectivity index is 1.72. The van der Waals surface area contributed by atoms with Gasteiger partial charge in [0.2, 0.25) is 0 Å². The second-order valence-electron chi connectivity index (χ2n) is 6.02. The number of ether oxygens (including phenoxy) is 1. The van der Waals surface area contributed by atoms with Gasteiger partial charge in [-0.05, 0) is 25.0 Å². The van der Waals surface area contributed by atoms with Crippen molar-refractivity contribution in [1.82, 2.24) is 5.32 Å². The van der Waals surface area contributed by atoms with E-state index in [4.69, 9.17) is 9.15 Å². The summed E-state index contributed by atoms with van der Waals surface area (Å²) in [6.07, 6.45) is 3.18. The normalized spacial score (nSPS) is 16.7. The minimum absolute atomic E-state index is 0.0158.